The van der Waals surface area contributed by atoms with Crippen LogP contribution in [0.4, 0.5) is 0 Å². The third-order valence-electron chi connectivity index (χ3n) is 3.40. The summed E-state index contributed by atoms with van der Waals surface area (Å²) in [5.41, 5.74) is 0. The van der Waals surface area contributed by atoms with Crippen LogP contribution in [0.15, 0.2) is 12.1 Å². The molecular formula is C13H17NO3S. The number of carbonyl (C=O) groups excluding carboxylic acids is 2. The van der Waals surface area contributed by atoms with Crippen LogP contribution in [-0.2, 0) is 4.74 Å². The van der Waals surface area contributed by atoms with E-state index in [2.05, 4.69) is 4.74 Å². The Morgan fingerprint density at radius 2 is 1.89 bits per heavy atom. The van der Waals surface area contributed by atoms with Gasteiger partial charge in [-0.25, -0.2) is 4.79 Å². The van der Waals surface area contributed by atoms with Gasteiger partial charge in [-0.05, 0) is 25.0 Å². The predicted molar refractivity (Wildman–Crippen MR) is 70.0 cm³/mol. The van der Waals surface area contributed by atoms with Crippen molar-refractivity contribution < 1.29 is 14.3 Å². The van der Waals surface area contributed by atoms with E-state index in [1.54, 1.807) is 17.0 Å². The number of carbonyl (C=O) groups is 2. The fraction of sp³-hybridized carbons (Fsp3) is 0.538. The van der Waals surface area contributed by atoms with Crippen LogP contribution in [0.25, 0.3) is 0 Å². The first-order valence-electron chi connectivity index (χ1n) is 6.09. The first-order chi connectivity index (χ1) is 8.63. The zero-order valence-corrected chi connectivity index (χ0v) is 11.5. The summed E-state index contributed by atoms with van der Waals surface area (Å²) in [6.07, 6.45) is 4.55. The maximum absolute atomic E-state index is 12.2. The van der Waals surface area contributed by atoms with Gasteiger partial charge in [-0.2, -0.15) is 0 Å². The number of rotatable bonds is 3. The number of amides is 1. The highest BCUT2D eigenvalue weighted by Gasteiger charge is 2.25. The molecule has 0 atom stereocenters. The molecule has 1 aliphatic carbocycles. The lowest BCUT2D eigenvalue weighted by Crippen LogP contribution is -2.34. The second-order valence-corrected chi connectivity index (χ2v) is 5.59. The summed E-state index contributed by atoms with van der Waals surface area (Å²) in [5, 5.41) is 0. The Labute approximate surface area is 111 Å². The van der Waals surface area contributed by atoms with E-state index in [1.165, 1.54) is 31.3 Å². The molecule has 0 aliphatic heterocycles. The number of esters is 1. The third-order valence-corrected chi connectivity index (χ3v) is 4.45. The van der Waals surface area contributed by atoms with Crippen LogP contribution in [0, 0.1) is 0 Å². The molecule has 1 heterocycles. The molecule has 1 aromatic rings. The molecule has 1 aliphatic rings. The number of thiophene rings is 1. The van der Waals surface area contributed by atoms with Gasteiger partial charge in [0.05, 0.1) is 12.0 Å². The predicted octanol–water partition coefficient (Wildman–Crippen LogP) is 2.55. The fourth-order valence-corrected chi connectivity index (χ4v) is 3.20. The monoisotopic (exact) mass is 267 g/mol. The van der Waals surface area contributed by atoms with Crippen molar-refractivity contribution in [2.24, 2.45) is 0 Å². The van der Waals surface area contributed by atoms with Gasteiger partial charge in [-0.3, -0.25) is 4.79 Å². The van der Waals surface area contributed by atoms with E-state index in [-0.39, 0.29) is 11.9 Å². The van der Waals surface area contributed by atoms with Crippen LogP contribution in [0.1, 0.15) is 45.0 Å². The molecule has 0 bridgehead atoms. The second-order valence-electron chi connectivity index (χ2n) is 4.51. The van der Waals surface area contributed by atoms with E-state index in [4.69, 9.17) is 0 Å². The average Bonchev–Trinajstić information content (AvgIpc) is 3.06. The van der Waals surface area contributed by atoms with Gasteiger partial charge in [-0.15, -0.1) is 11.3 Å². The third kappa shape index (κ3) is 2.56. The lowest BCUT2D eigenvalue weighted by atomic mass is 10.2. The lowest BCUT2D eigenvalue weighted by Gasteiger charge is -2.23. The van der Waals surface area contributed by atoms with Gasteiger partial charge in [0.25, 0.3) is 5.91 Å². The van der Waals surface area contributed by atoms with Crippen LogP contribution in [0.5, 0.6) is 0 Å². The van der Waals surface area contributed by atoms with Gasteiger partial charge in [0.1, 0.15) is 4.88 Å². The summed E-state index contributed by atoms with van der Waals surface area (Å²) in [4.78, 5) is 26.5. The lowest BCUT2D eigenvalue weighted by molar-refractivity contribution is 0.0606. The largest absolute Gasteiger partial charge is 0.465 e. The minimum Gasteiger partial charge on any atom is -0.465 e. The Bertz CT molecular complexity index is 449. The Morgan fingerprint density at radius 1 is 1.28 bits per heavy atom. The van der Waals surface area contributed by atoms with Gasteiger partial charge in [0.15, 0.2) is 0 Å². The Kier molecular flexibility index (Phi) is 4.01. The molecule has 1 amide bonds. The van der Waals surface area contributed by atoms with E-state index < -0.39 is 0 Å². The number of ether oxygens (including phenoxy) is 1. The number of nitrogens with zero attached hydrogens (tertiary/aromatic N) is 1. The smallest absolute Gasteiger partial charge is 0.348 e. The minimum absolute atomic E-state index is 0.00190. The summed E-state index contributed by atoms with van der Waals surface area (Å²) in [6, 6.07) is 3.69. The van der Waals surface area contributed by atoms with Gasteiger partial charge >= 0.3 is 5.97 Å². The molecule has 1 saturated carbocycles. The van der Waals surface area contributed by atoms with E-state index in [0.717, 1.165) is 12.8 Å². The zero-order valence-electron chi connectivity index (χ0n) is 10.6. The fourth-order valence-electron chi connectivity index (χ4n) is 2.29. The van der Waals surface area contributed by atoms with Crippen molar-refractivity contribution in [2.75, 3.05) is 14.2 Å². The minimum atomic E-state index is -0.387. The highest BCUT2D eigenvalue weighted by atomic mass is 32.1. The van der Waals surface area contributed by atoms with Crippen LogP contribution in [-0.4, -0.2) is 37.0 Å². The van der Waals surface area contributed by atoms with Gasteiger partial charge in [-0.1, -0.05) is 12.8 Å². The van der Waals surface area contributed by atoms with Crippen LogP contribution < -0.4 is 0 Å². The molecule has 18 heavy (non-hydrogen) atoms. The van der Waals surface area contributed by atoms with Gasteiger partial charge in [0.2, 0.25) is 0 Å². The highest BCUT2D eigenvalue weighted by Crippen LogP contribution is 2.25. The number of methoxy groups -OCH3 is 1. The summed E-state index contributed by atoms with van der Waals surface area (Å²) in [5.74, 6) is -0.385. The zero-order chi connectivity index (χ0) is 13.1. The van der Waals surface area contributed by atoms with E-state index >= 15 is 0 Å². The first-order valence-corrected chi connectivity index (χ1v) is 6.90. The summed E-state index contributed by atoms with van der Waals surface area (Å²) < 4.78 is 4.64. The molecule has 0 radical (unpaired) electrons. The van der Waals surface area contributed by atoms with Crippen molar-refractivity contribution >= 4 is 23.2 Å². The van der Waals surface area contributed by atoms with Crippen LogP contribution in [0.3, 0.4) is 0 Å². The van der Waals surface area contributed by atoms with E-state index in [9.17, 15) is 9.59 Å². The normalized spacial score (nSPS) is 15.7. The Hall–Kier alpha value is -1.36. The number of hydrogen-bond acceptors (Lipinski definition) is 4. The van der Waals surface area contributed by atoms with Crippen molar-refractivity contribution in [1.29, 1.82) is 0 Å². The van der Waals surface area contributed by atoms with Gasteiger partial charge < -0.3 is 9.64 Å². The molecule has 1 fully saturated rings. The second kappa shape index (κ2) is 5.52. The highest BCUT2D eigenvalue weighted by molar-refractivity contribution is 7.15. The average molecular weight is 267 g/mol. The van der Waals surface area contributed by atoms with Crippen molar-refractivity contribution in [2.45, 2.75) is 31.7 Å². The van der Waals surface area contributed by atoms with Crippen molar-refractivity contribution in [3.8, 4) is 0 Å². The molecule has 2 rings (SSSR count). The molecule has 0 saturated heterocycles. The topological polar surface area (TPSA) is 46.6 Å². The maximum Gasteiger partial charge on any atom is 0.348 e. The van der Waals surface area contributed by atoms with E-state index in [1.807, 2.05) is 7.05 Å². The molecule has 5 heteroatoms. The van der Waals surface area contributed by atoms with E-state index in [0.29, 0.717) is 15.8 Å². The summed E-state index contributed by atoms with van der Waals surface area (Å²) >= 11 is 1.20. The summed E-state index contributed by atoms with van der Waals surface area (Å²) in [6.45, 7) is 0. The number of hydrogen-bond donors (Lipinski definition) is 0. The van der Waals surface area contributed by atoms with Crippen molar-refractivity contribution in [1.82, 2.24) is 4.90 Å². The van der Waals surface area contributed by atoms with Crippen molar-refractivity contribution in [3.63, 3.8) is 0 Å². The SMILES string of the molecule is COC(=O)c1ccc(C(=O)N(C)C2CCCC2)s1. The molecule has 4 nitrogen and oxygen atoms in total. The molecule has 1 aromatic heterocycles. The molecule has 98 valence electrons. The standard InChI is InChI=1S/C13H17NO3S/c1-14(9-5-3-4-6-9)12(15)10-7-8-11(18-10)13(16)17-2/h7-9H,3-6H2,1-2H3. The maximum atomic E-state index is 12.2. The van der Waals surface area contributed by atoms with Crippen LogP contribution >= 0.6 is 11.3 Å². The Morgan fingerprint density at radius 3 is 2.50 bits per heavy atom. The molecule has 0 N–H and O–H groups in total. The van der Waals surface area contributed by atoms with Crippen LogP contribution in [0.2, 0.25) is 0 Å². The van der Waals surface area contributed by atoms with Crippen molar-refractivity contribution in [3.05, 3.63) is 21.9 Å². The molecule has 0 aromatic carbocycles. The molecule has 0 spiro atoms. The van der Waals surface area contributed by atoms with Gasteiger partial charge in [0, 0.05) is 13.1 Å². The first kappa shape index (κ1) is 13.1. The molecule has 0 unspecified atom stereocenters. The molecular weight excluding hydrogens is 250 g/mol. The Balaban J connectivity index is 2.08. The summed E-state index contributed by atoms with van der Waals surface area (Å²) in [7, 11) is 3.18. The quantitative estimate of drug-likeness (QED) is 0.791.